The molecule has 1 atom stereocenters. The molecule has 0 radical (unpaired) electrons. The van der Waals surface area contributed by atoms with Crippen molar-refractivity contribution in [1.29, 1.82) is 0 Å². The highest BCUT2D eigenvalue weighted by molar-refractivity contribution is 5.81. The van der Waals surface area contributed by atoms with Crippen LogP contribution in [-0.2, 0) is 4.79 Å². The van der Waals surface area contributed by atoms with Crippen LogP contribution in [0.4, 0.5) is 0 Å². The Kier molecular flexibility index (Phi) is 5.77. The van der Waals surface area contributed by atoms with E-state index in [2.05, 4.69) is 48.5 Å². The minimum absolute atomic E-state index is 0.00481. The predicted octanol–water partition coefficient (Wildman–Crippen LogP) is 3.62. The molecule has 0 N–H and O–H groups in total. The minimum atomic E-state index is -0.00481. The van der Waals surface area contributed by atoms with E-state index in [1.54, 1.807) is 0 Å². The van der Waals surface area contributed by atoms with E-state index < -0.39 is 0 Å². The second-order valence-corrected chi connectivity index (χ2v) is 5.34. The molecule has 0 heterocycles. The Morgan fingerprint density at radius 2 is 1.25 bits per heavy atom. The Morgan fingerprint density at radius 1 is 0.875 bits per heavy atom. The Morgan fingerprint density at radius 3 is 1.50 bits per heavy atom. The molecule has 2 nitrogen and oxygen atoms in total. The number of allylic oxidation sites excluding steroid dienone is 1. The Hall–Kier alpha value is -0.790. The number of hydrogen-bond donors (Lipinski definition) is 0. The molecule has 0 aromatic heterocycles. The summed E-state index contributed by atoms with van der Waals surface area (Å²) in [6, 6.07) is 0.528. The molecule has 0 bridgehead atoms. The van der Waals surface area contributed by atoms with Crippen molar-refractivity contribution in [2.24, 2.45) is 5.92 Å². The average Bonchev–Trinajstić information content (AvgIpc) is 2.13. The van der Waals surface area contributed by atoms with Crippen LogP contribution in [0.3, 0.4) is 0 Å². The van der Waals surface area contributed by atoms with Gasteiger partial charge in [-0.1, -0.05) is 11.1 Å². The second kappa shape index (κ2) is 6.07. The molecule has 0 aliphatic heterocycles. The first-order valence-electron chi connectivity index (χ1n) is 6.16. The quantitative estimate of drug-likeness (QED) is 0.669. The van der Waals surface area contributed by atoms with E-state index in [0.29, 0.717) is 0 Å². The molecule has 94 valence electrons. The summed E-state index contributed by atoms with van der Waals surface area (Å²) in [7, 11) is 0. The fraction of sp³-hybridized carbons (Fsp3) is 0.786. The molecule has 1 amide bonds. The van der Waals surface area contributed by atoms with Gasteiger partial charge in [-0.15, -0.1) is 0 Å². The van der Waals surface area contributed by atoms with Crippen LogP contribution < -0.4 is 0 Å². The van der Waals surface area contributed by atoms with Crippen molar-refractivity contribution in [2.75, 3.05) is 0 Å². The molecule has 0 aliphatic carbocycles. The first-order chi connectivity index (χ1) is 7.20. The summed E-state index contributed by atoms with van der Waals surface area (Å²) >= 11 is 0. The standard InChI is InChI=1S/C14H27NO/c1-9(2)12(7)13(8)14(16)15(10(3)4)11(5)6/h10-11,13H,1-8H3/t13-/m1/s1. The lowest BCUT2D eigenvalue weighted by atomic mass is 9.96. The third kappa shape index (κ3) is 3.66. The van der Waals surface area contributed by atoms with Gasteiger partial charge in [0.15, 0.2) is 0 Å². The third-order valence-electron chi connectivity index (χ3n) is 3.18. The summed E-state index contributed by atoms with van der Waals surface area (Å²) in [4.78, 5) is 14.3. The fourth-order valence-corrected chi connectivity index (χ4v) is 1.95. The van der Waals surface area contributed by atoms with Crippen molar-refractivity contribution in [3.05, 3.63) is 11.1 Å². The van der Waals surface area contributed by atoms with Gasteiger partial charge in [0.1, 0.15) is 0 Å². The number of nitrogens with zero attached hydrogens (tertiary/aromatic N) is 1. The van der Waals surface area contributed by atoms with Crippen molar-refractivity contribution < 1.29 is 4.79 Å². The molecule has 2 heteroatoms. The predicted molar refractivity (Wildman–Crippen MR) is 70.3 cm³/mol. The Labute approximate surface area is 101 Å². The summed E-state index contributed by atoms with van der Waals surface area (Å²) in [5.41, 5.74) is 2.43. The monoisotopic (exact) mass is 225 g/mol. The molecular weight excluding hydrogens is 198 g/mol. The number of rotatable bonds is 4. The highest BCUT2D eigenvalue weighted by Gasteiger charge is 2.25. The minimum Gasteiger partial charge on any atom is -0.337 e. The number of hydrogen-bond acceptors (Lipinski definition) is 1. The summed E-state index contributed by atoms with van der Waals surface area (Å²) in [6.45, 7) is 16.5. The van der Waals surface area contributed by atoms with Gasteiger partial charge >= 0.3 is 0 Å². The molecule has 0 aromatic carbocycles. The smallest absolute Gasteiger partial charge is 0.229 e. The SMILES string of the molecule is CC(C)=C(C)[C@@H](C)C(=O)N(C(C)C)C(C)C. The van der Waals surface area contributed by atoms with Crippen LogP contribution in [-0.4, -0.2) is 22.9 Å². The molecule has 0 spiro atoms. The lowest BCUT2D eigenvalue weighted by Crippen LogP contribution is -2.45. The molecule has 0 saturated carbocycles. The van der Waals surface area contributed by atoms with Crippen LogP contribution in [0.5, 0.6) is 0 Å². The molecule has 0 fully saturated rings. The first-order valence-corrected chi connectivity index (χ1v) is 6.16. The molecule has 16 heavy (non-hydrogen) atoms. The Bertz CT molecular complexity index is 264. The van der Waals surface area contributed by atoms with E-state index >= 15 is 0 Å². The van der Waals surface area contributed by atoms with Gasteiger partial charge in [0.05, 0.1) is 5.92 Å². The molecule has 0 rings (SSSR count). The first kappa shape index (κ1) is 15.2. The van der Waals surface area contributed by atoms with Crippen molar-refractivity contribution in [3.8, 4) is 0 Å². The third-order valence-corrected chi connectivity index (χ3v) is 3.18. The highest BCUT2D eigenvalue weighted by atomic mass is 16.2. The zero-order valence-corrected chi connectivity index (χ0v) is 12.1. The molecule has 0 aliphatic rings. The molecule has 0 aromatic rings. The van der Waals surface area contributed by atoms with Crippen LogP contribution in [0.25, 0.3) is 0 Å². The van der Waals surface area contributed by atoms with Gasteiger partial charge in [0, 0.05) is 12.1 Å². The van der Waals surface area contributed by atoms with Crippen LogP contribution in [0.2, 0.25) is 0 Å². The van der Waals surface area contributed by atoms with Gasteiger partial charge in [-0.3, -0.25) is 4.79 Å². The van der Waals surface area contributed by atoms with E-state index in [-0.39, 0.29) is 23.9 Å². The molecule has 0 unspecified atom stereocenters. The van der Waals surface area contributed by atoms with Gasteiger partial charge in [0.2, 0.25) is 5.91 Å². The largest absolute Gasteiger partial charge is 0.337 e. The van der Waals surface area contributed by atoms with E-state index in [0.717, 1.165) is 0 Å². The summed E-state index contributed by atoms with van der Waals surface area (Å²) in [6.07, 6.45) is 0. The average molecular weight is 225 g/mol. The number of carbonyl (C=O) groups is 1. The van der Waals surface area contributed by atoms with E-state index in [1.807, 2.05) is 11.8 Å². The van der Waals surface area contributed by atoms with Gasteiger partial charge in [0.25, 0.3) is 0 Å². The van der Waals surface area contributed by atoms with E-state index in [1.165, 1.54) is 11.1 Å². The number of carbonyl (C=O) groups excluding carboxylic acids is 1. The van der Waals surface area contributed by atoms with Crippen LogP contribution in [0, 0.1) is 5.92 Å². The van der Waals surface area contributed by atoms with Gasteiger partial charge in [-0.2, -0.15) is 0 Å². The van der Waals surface area contributed by atoms with Gasteiger partial charge < -0.3 is 4.90 Å². The fourth-order valence-electron chi connectivity index (χ4n) is 1.95. The van der Waals surface area contributed by atoms with Crippen molar-refractivity contribution in [1.82, 2.24) is 4.90 Å². The zero-order valence-electron chi connectivity index (χ0n) is 12.1. The van der Waals surface area contributed by atoms with Crippen molar-refractivity contribution in [3.63, 3.8) is 0 Å². The van der Waals surface area contributed by atoms with E-state index in [4.69, 9.17) is 0 Å². The normalized spacial score (nSPS) is 12.9. The van der Waals surface area contributed by atoms with Crippen molar-refractivity contribution >= 4 is 5.91 Å². The lowest BCUT2D eigenvalue weighted by molar-refractivity contribution is -0.137. The van der Waals surface area contributed by atoms with Crippen LogP contribution in [0.1, 0.15) is 55.4 Å². The topological polar surface area (TPSA) is 20.3 Å². The summed E-state index contributed by atoms with van der Waals surface area (Å²) in [5, 5.41) is 0. The zero-order chi connectivity index (χ0) is 13.0. The molecule has 0 saturated heterocycles. The van der Waals surface area contributed by atoms with Crippen LogP contribution >= 0.6 is 0 Å². The second-order valence-electron chi connectivity index (χ2n) is 5.34. The van der Waals surface area contributed by atoms with Crippen LogP contribution in [0.15, 0.2) is 11.1 Å². The lowest BCUT2D eigenvalue weighted by Gasteiger charge is -2.33. The molecular formula is C14H27NO. The maximum absolute atomic E-state index is 12.4. The number of amides is 1. The summed E-state index contributed by atoms with van der Waals surface area (Å²) in [5.74, 6) is 0.235. The summed E-state index contributed by atoms with van der Waals surface area (Å²) < 4.78 is 0. The highest BCUT2D eigenvalue weighted by Crippen LogP contribution is 2.19. The Balaban J connectivity index is 4.97. The maximum atomic E-state index is 12.4. The van der Waals surface area contributed by atoms with E-state index in [9.17, 15) is 4.79 Å². The van der Waals surface area contributed by atoms with Gasteiger partial charge in [-0.05, 0) is 55.4 Å². The van der Waals surface area contributed by atoms with Gasteiger partial charge in [-0.25, -0.2) is 0 Å². The maximum Gasteiger partial charge on any atom is 0.229 e. The van der Waals surface area contributed by atoms with Crippen molar-refractivity contribution in [2.45, 2.75) is 67.5 Å².